The first-order chi connectivity index (χ1) is 13.2. The number of anilines is 1. The number of carboxylic acid groups (broad SMARTS) is 1. The third-order valence-electron chi connectivity index (χ3n) is 6.02. The summed E-state index contributed by atoms with van der Waals surface area (Å²) in [5.41, 5.74) is 1.15. The van der Waals surface area contributed by atoms with Crippen molar-refractivity contribution >= 4 is 34.6 Å². The van der Waals surface area contributed by atoms with Crippen LogP contribution in [0.3, 0.4) is 0 Å². The van der Waals surface area contributed by atoms with Crippen LogP contribution in [0.1, 0.15) is 93.1 Å². The van der Waals surface area contributed by atoms with E-state index in [1.807, 2.05) is 11.0 Å². The fourth-order valence-corrected chi connectivity index (χ4v) is 5.38. The summed E-state index contributed by atoms with van der Waals surface area (Å²) in [7, 11) is 0. The summed E-state index contributed by atoms with van der Waals surface area (Å²) in [5.74, 6) is -0.867. The van der Waals surface area contributed by atoms with Crippen LogP contribution in [0.4, 0.5) is 5.69 Å². The SMILES string of the molecule is CC(C)(C)c1cc(N(C(=O)C2CCCCC2)C2CCC(=N)CC2)c(C(=O)O)s1. The van der Waals surface area contributed by atoms with E-state index in [0.717, 1.165) is 49.1 Å². The molecule has 0 radical (unpaired) electrons. The average molecular weight is 405 g/mol. The van der Waals surface area contributed by atoms with Crippen molar-refractivity contribution in [2.75, 3.05) is 4.90 Å². The molecule has 6 heteroatoms. The summed E-state index contributed by atoms with van der Waals surface area (Å²) in [6.45, 7) is 6.22. The molecule has 5 nitrogen and oxygen atoms in total. The first-order valence-electron chi connectivity index (χ1n) is 10.5. The molecule has 0 atom stereocenters. The Hall–Kier alpha value is -1.69. The van der Waals surface area contributed by atoms with Crippen LogP contribution in [0.2, 0.25) is 0 Å². The lowest BCUT2D eigenvalue weighted by Gasteiger charge is -2.37. The first kappa shape index (κ1) is 21.0. The molecule has 0 saturated heterocycles. The van der Waals surface area contributed by atoms with E-state index in [4.69, 9.17) is 5.41 Å². The summed E-state index contributed by atoms with van der Waals surface area (Å²) in [6, 6.07) is 1.93. The molecule has 28 heavy (non-hydrogen) atoms. The maximum Gasteiger partial charge on any atom is 0.348 e. The van der Waals surface area contributed by atoms with Crippen molar-refractivity contribution < 1.29 is 14.7 Å². The topological polar surface area (TPSA) is 81.5 Å². The number of carbonyl (C=O) groups is 2. The number of carboxylic acids is 1. The monoisotopic (exact) mass is 404 g/mol. The average Bonchev–Trinajstić information content (AvgIpc) is 3.10. The highest BCUT2D eigenvalue weighted by atomic mass is 32.1. The Balaban J connectivity index is 2.02. The molecule has 2 aliphatic rings. The number of nitrogens with zero attached hydrogens (tertiary/aromatic N) is 1. The number of nitrogens with one attached hydrogen (secondary N) is 1. The van der Waals surface area contributed by atoms with Gasteiger partial charge in [0.1, 0.15) is 4.88 Å². The predicted molar refractivity (Wildman–Crippen MR) is 114 cm³/mol. The minimum absolute atomic E-state index is 0.00485. The van der Waals surface area contributed by atoms with Gasteiger partial charge in [-0.05, 0) is 50.0 Å². The molecule has 2 fully saturated rings. The smallest absolute Gasteiger partial charge is 0.348 e. The molecular formula is C22H32N2O3S. The number of hydrogen-bond donors (Lipinski definition) is 2. The fraction of sp³-hybridized carbons (Fsp3) is 0.682. The van der Waals surface area contributed by atoms with Crippen LogP contribution in [0.25, 0.3) is 0 Å². The fourth-order valence-electron chi connectivity index (χ4n) is 4.33. The molecule has 154 valence electrons. The molecular weight excluding hydrogens is 372 g/mol. The van der Waals surface area contributed by atoms with Gasteiger partial charge in [-0.2, -0.15) is 0 Å². The van der Waals surface area contributed by atoms with E-state index in [9.17, 15) is 14.7 Å². The molecule has 1 amide bonds. The van der Waals surface area contributed by atoms with E-state index in [0.29, 0.717) is 18.5 Å². The highest BCUT2D eigenvalue weighted by molar-refractivity contribution is 7.14. The van der Waals surface area contributed by atoms with Gasteiger partial charge in [0.2, 0.25) is 5.91 Å². The second-order valence-electron chi connectivity index (χ2n) is 9.26. The number of aromatic carboxylic acids is 1. The second-order valence-corrected chi connectivity index (χ2v) is 10.3. The molecule has 0 bridgehead atoms. The Morgan fingerprint density at radius 3 is 2.25 bits per heavy atom. The Kier molecular flexibility index (Phi) is 6.28. The number of thiophene rings is 1. The van der Waals surface area contributed by atoms with Crippen LogP contribution >= 0.6 is 11.3 Å². The molecule has 1 aromatic rings. The number of amides is 1. The van der Waals surface area contributed by atoms with Gasteiger partial charge in [0.05, 0.1) is 5.69 Å². The Labute approximate surface area is 171 Å². The van der Waals surface area contributed by atoms with Crippen molar-refractivity contribution in [2.45, 2.75) is 90.0 Å². The molecule has 3 rings (SSSR count). The van der Waals surface area contributed by atoms with Gasteiger partial charge in [-0.25, -0.2) is 4.79 Å². The summed E-state index contributed by atoms with van der Waals surface area (Å²) >= 11 is 1.30. The molecule has 2 N–H and O–H groups in total. The third kappa shape index (κ3) is 4.48. The van der Waals surface area contributed by atoms with Gasteiger partial charge in [0.25, 0.3) is 0 Å². The summed E-state index contributed by atoms with van der Waals surface area (Å²) in [4.78, 5) is 28.7. The molecule has 2 aliphatic carbocycles. The molecule has 0 aliphatic heterocycles. The standard InChI is InChI=1S/C22H32N2O3S/c1-22(2,3)18-13-17(19(28-18)21(26)27)24(16-11-9-15(23)10-12-16)20(25)14-7-5-4-6-8-14/h13-14,16,23H,4-12H2,1-3H3,(H,26,27). The van der Waals surface area contributed by atoms with Crippen LogP contribution in [-0.2, 0) is 10.2 Å². The van der Waals surface area contributed by atoms with Crippen molar-refractivity contribution in [3.8, 4) is 0 Å². The summed E-state index contributed by atoms with van der Waals surface area (Å²) < 4.78 is 0. The minimum atomic E-state index is -0.958. The zero-order valence-corrected chi connectivity index (χ0v) is 18.0. The largest absolute Gasteiger partial charge is 0.477 e. The van der Waals surface area contributed by atoms with Crippen LogP contribution in [0.15, 0.2) is 6.07 Å². The number of carbonyl (C=O) groups excluding carboxylic acids is 1. The predicted octanol–water partition coefficient (Wildman–Crippen LogP) is 5.62. The van der Waals surface area contributed by atoms with Crippen molar-refractivity contribution in [2.24, 2.45) is 5.92 Å². The number of hydrogen-bond acceptors (Lipinski definition) is 4. The van der Waals surface area contributed by atoms with Crippen molar-refractivity contribution in [3.63, 3.8) is 0 Å². The Morgan fingerprint density at radius 1 is 1.11 bits per heavy atom. The van der Waals surface area contributed by atoms with Crippen molar-refractivity contribution in [3.05, 3.63) is 15.8 Å². The third-order valence-corrected chi connectivity index (χ3v) is 7.56. The molecule has 0 aromatic carbocycles. The van der Waals surface area contributed by atoms with E-state index < -0.39 is 5.97 Å². The molecule has 1 aromatic heterocycles. The molecule has 1 heterocycles. The zero-order valence-electron chi connectivity index (χ0n) is 17.2. The molecule has 0 unspecified atom stereocenters. The second kappa shape index (κ2) is 8.36. The van der Waals surface area contributed by atoms with Gasteiger partial charge in [-0.15, -0.1) is 11.3 Å². The maximum absolute atomic E-state index is 13.6. The van der Waals surface area contributed by atoms with Gasteiger partial charge in [0.15, 0.2) is 0 Å². The lowest BCUT2D eigenvalue weighted by Crippen LogP contribution is -2.46. The van der Waals surface area contributed by atoms with E-state index in [-0.39, 0.29) is 28.2 Å². The van der Waals surface area contributed by atoms with E-state index in [1.165, 1.54) is 17.8 Å². The first-order valence-corrected chi connectivity index (χ1v) is 11.3. The van der Waals surface area contributed by atoms with E-state index in [2.05, 4.69) is 20.8 Å². The lowest BCUT2D eigenvalue weighted by atomic mass is 9.86. The summed E-state index contributed by atoms with van der Waals surface area (Å²) in [6.07, 6.45) is 8.00. The van der Waals surface area contributed by atoms with Crippen molar-refractivity contribution in [1.82, 2.24) is 0 Å². The van der Waals surface area contributed by atoms with Crippen LogP contribution in [0, 0.1) is 11.3 Å². The molecule has 2 saturated carbocycles. The van der Waals surface area contributed by atoms with Gasteiger partial charge in [-0.1, -0.05) is 40.0 Å². The zero-order chi connectivity index (χ0) is 20.5. The quantitative estimate of drug-likeness (QED) is 0.683. The van der Waals surface area contributed by atoms with Crippen LogP contribution in [-0.4, -0.2) is 28.7 Å². The van der Waals surface area contributed by atoms with Gasteiger partial charge in [-0.3, -0.25) is 4.79 Å². The highest BCUT2D eigenvalue weighted by Gasteiger charge is 2.37. The van der Waals surface area contributed by atoms with Crippen LogP contribution in [0.5, 0.6) is 0 Å². The highest BCUT2D eigenvalue weighted by Crippen LogP contribution is 2.41. The van der Waals surface area contributed by atoms with Gasteiger partial charge >= 0.3 is 5.97 Å². The van der Waals surface area contributed by atoms with Gasteiger partial charge < -0.3 is 15.4 Å². The summed E-state index contributed by atoms with van der Waals surface area (Å²) in [5, 5.41) is 17.8. The molecule has 0 spiro atoms. The van der Waals surface area contributed by atoms with E-state index >= 15 is 0 Å². The van der Waals surface area contributed by atoms with Crippen LogP contribution < -0.4 is 4.90 Å². The lowest BCUT2D eigenvalue weighted by molar-refractivity contribution is -0.123. The van der Waals surface area contributed by atoms with E-state index in [1.54, 1.807) is 0 Å². The maximum atomic E-state index is 13.6. The van der Waals surface area contributed by atoms with Gasteiger partial charge in [0, 0.05) is 22.5 Å². The minimum Gasteiger partial charge on any atom is -0.477 e. The normalized spacial score (nSPS) is 21.5. The van der Waals surface area contributed by atoms with Crippen molar-refractivity contribution in [1.29, 1.82) is 5.41 Å². The Morgan fingerprint density at radius 2 is 1.71 bits per heavy atom. The Bertz CT molecular complexity index is 746. The number of rotatable bonds is 4.